The van der Waals surface area contributed by atoms with Gasteiger partial charge in [-0.05, 0) is 114 Å². The van der Waals surface area contributed by atoms with Gasteiger partial charge in [0.25, 0.3) is 0 Å². The number of hydrogen-bond acceptors (Lipinski definition) is 5. The van der Waals surface area contributed by atoms with Crippen LogP contribution >= 0.6 is 0 Å². The summed E-state index contributed by atoms with van der Waals surface area (Å²) in [5, 5.41) is 0. The third kappa shape index (κ3) is 266. The molecule has 0 spiro atoms. The molecule has 0 amide bonds. The van der Waals surface area contributed by atoms with Crippen molar-refractivity contribution in [3.8, 4) is 0 Å². The monoisotopic (exact) mass is 1780 g/mol. The molecular weight excluding hydrogens is 1660 g/mol. The Morgan fingerprint density at radius 1 is 0.344 bits per heavy atom. The van der Waals surface area contributed by atoms with Crippen LogP contribution in [0.3, 0.4) is 0 Å². The van der Waals surface area contributed by atoms with Gasteiger partial charge in [0, 0.05) is 26.2 Å². The van der Waals surface area contributed by atoms with Crippen molar-refractivity contribution in [2.24, 2.45) is 0 Å². The van der Waals surface area contributed by atoms with Gasteiger partial charge in [-0.25, -0.2) is 0 Å². The maximum Gasteiger partial charge on any atom is 4.00 e. The minimum absolute atomic E-state index is 0. The van der Waals surface area contributed by atoms with Crippen molar-refractivity contribution in [2.75, 3.05) is 102 Å². The zero-order chi connectivity index (χ0) is 34.0. The van der Waals surface area contributed by atoms with E-state index < -0.39 is 0 Å². The van der Waals surface area contributed by atoms with Crippen molar-refractivity contribution in [3.05, 3.63) is 174 Å². The Morgan fingerprint density at radius 3 is 0.721 bits per heavy atom. The van der Waals surface area contributed by atoms with E-state index >= 15 is 0 Å². The zero-order valence-electron chi connectivity index (χ0n) is 46.6. The molecule has 0 atom stereocenters. The van der Waals surface area contributed by atoms with Gasteiger partial charge in [-0.1, -0.05) is 58.1 Å². The molecule has 0 aromatic carbocycles. The van der Waals surface area contributed by atoms with Crippen molar-refractivity contribution >= 4 is 0 Å². The topological polar surface area (TPSA) is 16.2 Å². The molecule has 0 saturated heterocycles. The van der Waals surface area contributed by atoms with Gasteiger partial charge in [0.15, 0.2) is 0 Å². The van der Waals surface area contributed by atoms with Crippen LogP contribution in [0.4, 0.5) is 0 Å². The molecular formula is C51H122N5Pt5+5. The molecule has 0 radical (unpaired) electrons. The normalized spacial score (nSPS) is 6.57. The third-order valence-electron chi connectivity index (χ3n) is 5.37. The van der Waals surface area contributed by atoms with Crippen molar-refractivity contribution < 1.29 is 105 Å². The molecule has 0 rings (SSSR count). The van der Waals surface area contributed by atoms with Crippen LogP contribution in [0.5, 0.6) is 0 Å². The Kier molecular flexibility index (Phi) is 464. The average molecular weight is 1780 g/mol. The molecule has 0 saturated carbocycles. The SMILES string of the molecule is C=CCCCN(C)C.C=CCCN(C)C.C=CCCN(C)C.C=CCCN(C)CC.C=CCCN(CC)CC.[CH2-]CC.[CH3-].[CH3-].[CH3-].[CH3-].[CH3-].[CH3-].[CH3-].[CH3-].[CH3-].[CH3-].[CH3-].[CH3-].[CH3-].[CH3-].[Pt+4].[Pt+4].[Pt+4].[Pt+4].[Pt+4]. The molecule has 0 aliphatic heterocycles. The second kappa shape index (κ2) is 169. The summed E-state index contributed by atoms with van der Waals surface area (Å²) < 4.78 is 0. The Balaban J connectivity index is -0.0000000106. The second-order valence-corrected chi connectivity index (χ2v) is 10.6. The Bertz CT molecular complexity index is 508. The van der Waals surface area contributed by atoms with E-state index in [1.807, 2.05) is 37.3 Å². The summed E-state index contributed by atoms with van der Waals surface area (Å²) in [6, 6.07) is 0. The molecule has 0 aliphatic rings. The van der Waals surface area contributed by atoms with E-state index in [1.165, 1.54) is 13.0 Å². The molecule has 10 heteroatoms. The summed E-state index contributed by atoms with van der Waals surface area (Å²) in [7, 11) is 14.5. The predicted molar refractivity (Wildman–Crippen MR) is 291 cm³/mol. The molecule has 5 nitrogen and oxygen atoms in total. The number of unbranched alkanes of at least 4 members (excludes halogenated alkanes) is 1. The number of allylic oxidation sites excluding steroid dienone is 1. The van der Waals surface area contributed by atoms with Gasteiger partial charge in [0.1, 0.15) is 0 Å². The van der Waals surface area contributed by atoms with Gasteiger partial charge in [-0.15, -0.1) is 32.9 Å². The van der Waals surface area contributed by atoms with Crippen LogP contribution in [-0.2, 0) is 105 Å². The maximum atomic E-state index is 3.67. The van der Waals surface area contributed by atoms with Crippen LogP contribution in [0.1, 0.15) is 72.6 Å². The van der Waals surface area contributed by atoms with Gasteiger partial charge in [0.05, 0.1) is 0 Å². The fourth-order valence-electron chi connectivity index (χ4n) is 2.53. The smallest absolute Gasteiger partial charge is 0.358 e. The van der Waals surface area contributed by atoms with Crippen molar-refractivity contribution in [1.29, 1.82) is 0 Å². The van der Waals surface area contributed by atoms with Crippen molar-refractivity contribution in [2.45, 2.75) is 72.6 Å². The van der Waals surface area contributed by atoms with Crippen LogP contribution in [-0.4, -0.2) is 126 Å². The molecule has 0 bridgehead atoms. The summed E-state index contributed by atoms with van der Waals surface area (Å²) in [5.41, 5.74) is 0. The molecule has 0 aromatic rings. The first kappa shape index (κ1) is 168. The van der Waals surface area contributed by atoms with Crippen LogP contribution in [0.2, 0.25) is 0 Å². The minimum Gasteiger partial charge on any atom is -0.358 e. The molecule has 0 aliphatic carbocycles. The van der Waals surface area contributed by atoms with Crippen LogP contribution in [0.25, 0.3) is 0 Å². The van der Waals surface area contributed by atoms with E-state index in [0.717, 1.165) is 84.3 Å². The zero-order valence-corrected chi connectivity index (χ0v) is 57.9. The molecule has 0 unspecified atom stereocenters. The average Bonchev–Trinajstić information content (AvgIpc) is 2.96. The Morgan fingerprint density at radius 2 is 0.557 bits per heavy atom. The van der Waals surface area contributed by atoms with E-state index in [9.17, 15) is 0 Å². The minimum atomic E-state index is 0. The van der Waals surface area contributed by atoms with E-state index in [4.69, 9.17) is 0 Å². The van der Waals surface area contributed by atoms with Gasteiger partial charge in [-0.2, -0.15) is 6.42 Å². The molecule has 0 fully saturated rings. The predicted octanol–water partition coefficient (Wildman–Crippen LogP) is 14.7. The summed E-state index contributed by atoms with van der Waals surface area (Å²) in [5.74, 6) is 0. The molecule has 396 valence electrons. The fraction of sp³-hybridized carbons (Fsp3) is 0.510. The Hall–Kier alpha value is 1.94. The molecule has 0 aromatic heterocycles. The summed E-state index contributed by atoms with van der Waals surface area (Å²) in [6.45, 7) is 39.3. The first-order valence-corrected chi connectivity index (χ1v) is 16.1. The van der Waals surface area contributed by atoms with Crippen molar-refractivity contribution in [3.63, 3.8) is 0 Å². The van der Waals surface area contributed by atoms with Gasteiger partial charge < -0.3 is 135 Å². The van der Waals surface area contributed by atoms with Crippen LogP contribution in [0.15, 0.2) is 63.3 Å². The molecule has 61 heavy (non-hydrogen) atoms. The first-order chi connectivity index (χ1) is 19.9. The Labute approximate surface area is 473 Å². The standard InChI is InChI=1S/C8H17N.2C7H15N.2C6H13N.C3H7.14CH3.5Pt/c1-4-7-8-9(5-2)6-3;1-4-5-6-7-8(2)3;1-4-6-7-8(3)5-2;2*1-4-5-6-7(2)3;1-3-2;;;;;;;;;;;;;;;;;;;/h4H,1,5-8H2,2-3H3;2*4H,1,5-7H2,2-3H3;2*4H,1,5-6H2,2-3H3;1,3H2,2H3;14*1H3;;;;;/q;;;;;15*-1;5*+4. The summed E-state index contributed by atoms with van der Waals surface area (Å²) in [4.78, 5) is 11.1. The largest absolute Gasteiger partial charge is 4.00 e. The third-order valence-corrected chi connectivity index (χ3v) is 5.37. The van der Waals surface area contributed by atoms with Crippen LogP contribution < -0.4 is 0 Å². The van der Waals surface area contributed by atoms with E-state index in [1.54, 1.807) is 0 Å². The van der Waals surface area contributed by atoms with E-state index in [-0.39, 0.29) is 209 Å². The number of hydrogen-bond donors (Lipinski definition) is 0. The van der Waals surface area contributed by atoms with Gasteiger partial charge in [-0.3, -0.25) is 0 Å². The van der Waals surface area contributed by atoms with Crippen molar-refractivity contribution in [1.82, 2.24) is 24.5 Å². The molecule has 0 heterocycles. The number of rotatable bonds is 19. The van der Waals surface area contributed by atoms with Gasteiger partial charge >= 0.3 is 105 Å². The van der Waals surface area contributed by atoms with Gasteiger partial charge in [0.2, 0.25) is 0 Å². The van der Waals surface area contributed by atoms with E-state index in [2.05, 4.69) is 134 Å². The van der Waals surface area contributed by atoms with E-state index in [0.29, 0.717) is 0 Å². The second-order valence-electron chi connectivity index (χ2n) is 10.6. The van der Waals surface area contributed by atoms with Crippen LogP contribution in [0, 0.1) is 111 Å². The maximum absolute atomic E-state index is 3.67. The molecule has 0 N–H and O–H groups in total. The fourth-order valence-corrected chi connectivity index (χ4v) is 2.53. The first-order valence-electron chi connectivity index (χ1n) is 16.1. The number of nitrogens with zero attached hydrogens (tertiary/aromatic N) is 5. The summed E-state index contributed by atoms with van der Waals surface area (Å²) >= 11 is 0. The summed E-state index contributed by atoms with van der Waals surface area (Å²) in [6.07, 6.45) is 17.5. The quantitative estimate of drug-likeness (QED) is 0.0726.